The molecular weight excluding hydrogens is 371 g/mol. The standard InChI is InChI=1S/C18H15FN4O3S/c1-27-18-22-21-16(23(18)13-5-3-12(19)4-6-13)9-20-17(24)11-2-7-14-15(8-11)26-10-25-14/h2-8H,9-10H2,1H3,(H,20,24). The number of carbonyl (C=O) groups excluding carboxylic acids is 1. The molecule has 138 valence electrons. The Bertz CT molecular complexity index is 991. The first-order valence-electron chi connectivity index (χ1n) is 8.08. The summed E-state index contributed by atoms with van der Waals surface area (Å²) in [5.41, 5.74) is 1.18. The van der Waals surface area contributed by atoms with Crippen molar-refractivity contribution in [2.45, 2.75) is 11.7 Å². The fourth-order valence-corrected chi connectivity index (χ4v) is 3.21. The van der Waals surface area contributed by atoms with Crippen molar-refractivity contribution >= 4 is 17.7 Å². The SMILES string of the molecule is CSc1nnc(CNC(=O)c2ccc3c(c2)OCO3)n1-c1ccc(F)cc1. The van der Waals surface area contributed by atoms with Gasteiger partial charge in [-0.15, -0.1) is 10.2 Å². The molecule has 0 aliphatic carbocycles. The molecule has 9 heteroatoms. The maximum atomic E-state index is 13.2. The lowest BCUT2D eigenvalue weighted by Gasteiger charge is -2.10. The molecule has 2 aromatic carbocycles. The normalized spacial score (nSPS) is 12.2. The topological polar surface area (TPSA) is 78.3 Å². The van der Waals surface area contributed by atoms with E-state index in [0.29, 0.717) is 28.0 Å². The maximum Gasteiger partial charge on any atom is 0.251 e. The van der Waals surface area contributed by atoms with E-state index in [1.54, 1.807) is 34.9 Å². The third-order valence-electron chi connectivity index (χ3n) is 4.01. The zero-order valence-corrected chi connectivity index (χ0v) is 15.1. The Morgan fingerprint density at radius 1 is 1.19 bits per heavy atom. The van der Waals surface area contributed by atoms with Gasteiger partial charge < -0.3 is 14.8 Å². The summed E-state index contributed by atoms with van der Waals surface area (Å²) in [6, 6.07) is 11.0. The molecule has 0 saturated carbocycles. The quantitative estimate of drug-likeness (QED) is 0.680. The Morgan fingerprint density at radius 3 is 2.74 bits per heavy atom. The van der Waals surface area contributed by atoms with Crippen LogP contribution in [0.25, 0.3) is 5.69 Å². The van der Waals surface area contributed by atoms with E-state index in [4.69, 9.17) is 9.47 Å². The Kier molecular flexibility index (Phi) is 4.68. The van der Waals surface area contributed by atoms with Crippen LogP contribution in [0.5, 0.6) is 11.5 Å². The monoisotopic (exact) mass is 386 g/mol. The average molecular weight is 386 g/mol. The van der Waals surface area contributed by atoms with Crippen molar-refractivity contribution in [1.82, 2.24) is 20.1 Å². The largest absolute Gasteiger partial charge is 0.454 e. The number of nitrogens with zero attached hydrogens (tertiary/aromatic N) is 3. The lowest BCUT2D eigenvalue weighted by atomic mass is 10.2. The highest BCUT2D eigenvalue weighted by Gasteiger charge is 2.18. The molecule has 0 radical (unpaired) electrons. The van der Waals surface area contributed by atoms with Gasteiger partial charge in [-0.05, 0) is 48.7 Å². The number of hydrogen-bond acceptors (Lipinski definition) is 6. The average Bonchev–Trinajstić information content (AvgIpc) is 3.32. The molecule has 3 aromatic rings. The van der Waals surface area contributed by atoms with E-state index in [9.17, 15) is 9.18 Å². The van der Waals surface area contributed by atoms with Crippen LogP contribution in [0.15, 0.2) is 47.6 Å². The van der Waals surface area contributed by atoms with Gasteiger partial charge in [-0.25, -0.2) is 4.39 Å². The number of halogens is 1. The van der Waals surface area contributed by atoms with Crippen molar-refractivity contribution in [3.63, 3.8) is 0 Å². The molecule has 1 aliphatic heterocycles. The predicted octanol–water partition coefficient (Wildman–Crippen LogP) is 2.79. The third kappa shape index (κ3) is 3.45. The number of aromatic nitrogens is 3. The van der Waals surface area contributed by atoms with E-state index in [-0.39, 0.29) is 25.1 Å². The number of benzene rings is 2. The molecule has 1 amide bonds. The highest BCUT2D eigenvalue weighted by molar-refractivity contribution is 7.98. The van der Waals surface area contributed by atoms with Crippen molar-refractivity contribution < 1.29 is 18.7 Å². The summed E-state index contributed by atoms with van der Waals surface area (Å²) in [5.74, 6) is 1.11. The number of amides is 1. The number of hydrogen-bond donors (Lipinski definition) is 1. The third-order valence-corrected chi connectivity index (χ3v) is 4.64. The van der Waals surface area contributed by atoms with Crippen LogP contribution < -0.4 is 14.8 Å². The first kappa shape index (κ1) is 17.3. The van der Waals surface area contributed by atoms with Gasteiger partial charge in [0.25, 0.3) is 5.91 Å². The fourth-order valence-electron chi connectivity index (χ4n) is 2.70. The first-order chi connectivity index (χ1) is 13.2. The summed E-state index contributed by atoms with van der Waals surface area (Å²) in [7, 11) is 0. The van der Waals surface area contributed by atoms with Gasteiger partial charge >= 0.3 is 0 Å². The van der Waals surface area contributed by atoms with Gasteiger partial charge in [0, 0.05) is 11.3 Å². The second kappa shape index (κ2) is 7.28. The van der Waals surface area contributed by atoms with Gasteiger partial charge in [-0.1, -0.05) is 11.8 Å². The molecule has 2 heterocycles. The Balaban J connectivity index is 1.54. The van der Waals surface area contributed by atoms with Gasteiger partial charge in [-0.3, -0.25) is 9.36 Å². The number of fused-ring (bicyclic) bond motifs is 1. The Labute approximate surface area is 158 Å². The predicted molar refractivity (Wildman–Crippen MR) is 96.8 cm³/mol. The lowest BCUT2D eigenvalue weighted by molar-refractivity contribution is 0.0949. The molecule has 1 aliphatic rings. The van der Waals surface area contributed by atoms with E-state index in [1.807, 2.05) is 6.26 Å². The molecular formula is C18H15FN4O3S. The van der Waals surface area contributed by atoms with Crippen molar-refractivity contribution in [2.75, 3.05) is 13.0 Å². The summed E-state index contributed by atoms with van der Waals surface area (Å²) >= 11 is 1.41. The molecule has 0 unspecified atom stereocenters. The minimum atomic E-state index is -0.324. The molecule has 0 fully saturated rings. The maximum absolute atomic E-state index is 13.2. The summed E-state index contributed by atoms with van der Waals surface area (Å²) in [6.45, 7) is 0.316. The highest BCUT2D eigenvalue weighted by Crippen LogP contribution is 2.32. The highest BCUT2D eigenvalue weighted by atomic mass is 32.2. The van der Waals surface area contributed by atoms with Crippen LogP contribution in [0, 0.1) is 5.82 Å². The van der Waals surface area contributed by atoms with E-state index in [1.165, 1.54) is 23.9 Å². The number of thioether (sulfide) groups is 1. The molecule has 0 bridgehead atoms. The van der Waals surface area contributed by atoms with Crippen molar-refractivity contribution in [1.29, 1.82) is 0 Å². The van der Waals surface area contributed by atoms with E-state index < -0.39 is 0 Å². The van der Waals surface area contributed by atoms with E-state index in [2.05, 4.69) is 15.5 Å². The van der Waals surface area contributed by atoms with Crippen LogP contribution in [0.1, 0.15) is 16.2 Å². The second-order valence-corrected chi connectivity index (χ2v) is 6.44. The van der Waals surface area contributed by atoms with Gasteiger partial charge in [-0.2, -0.15) is 0 Å². The number of nitrogens with one attached hydrogen (secondary N) is 1. The minimum Gasteiger partial charge on any atom is -0.454 e. The van der Waals surface area contributed by atoms with Gasteiger partial charge in [0.15, 0.2) is 22.5 Å². The number of carbonyl (C=O) groups is 1. The van der Waals surface area contributed by atoms with Crippen LogP contribution in [0.3, 0.4) is 0 Å². The first-order valence-corrected chi connectivity index (χ1v) is 9.30. The molecule has 0 spiro atoms. The molecule has 27 heavy (non-hydrogen) atoms. The van der Waals surface area contributed by atoms with Crippen molar-refractivity contribution in [3.8, 4) is 17.2 Å². The van der Waals surface area contributed by atoms with Crippen molar-refractivity contribution in [2.24, 2.45) is 0 Å². The Hall–Kier alpha value is -3.07. The summed E-state index contributed by atoms with van der Waals surface area (Å²) < 4.78 is 25.5. The van der Waals surface area contributed by atoms with Gasteiger partial charge in [0.2, 0.25) is 6.79 Å². The molecule has 0 saturated heterocycles. The minimum absolute atomic E-state index is 0.151. The summed E-state index contributed by atoms with van der Waals surface area (Å²) in [5, 5.41) is 11.7. The van der Waals surface area contributed by atoms with Crippen LogP contribution in [-0.2, 0) is 6.54 Å². The van der Waals surface area contributed by atoms with Crippen molar-refractivity contribution in [3.05, 3.63) is 59.7 Å². The smallest absolute Gasteiger partial charge is 0.251 e. The second-order valence-electron chi connectivity index (χ2n) is 5.67. The van der Waals surface area contributed by atoms with Crippen LogP contribution in [0.4, 0.5) is 4.39 Å². The number of ether oxygens (including phenoxy) is 2. The molecule has 0 atom stereocenters. The van der Waals surface area contributed by atoms with Gasteiger partial charge in [0.05, 0.1) is 6.54 Å². The lowest BCUT2D eigenvalue weighted by Crippen LogP contribution is -2.24. The molecule has 7 nitrogen and oxygen atoms in total. The molecule has 1 aromatic heterocycles. The van der Waals surface area contributed by atoms with Gasteiger partial charge in [0.1, 0.15) is 5.82 Å². The van der Waals surface area contributed by atoms with Crippen LogP contribution >= 0.6 is 11.8 Å². The molecule has 4 rings (SSSR count). The molecule has 1 N–H and O–H groups in total. The van der Waals surface area contributed by atoms with E-state index >= 15 is 0 Å². The summed E-state index contributed by atoms with van der Waals surface area (Å²) in [6.07, 6.45) is 1.87. The Morgan fingerprint density at radius 2 is 1.96 bits per heavy atom. The zero-order chi connectivity index (χ0) is 18.8. The van der Waals surface area contributed by atoms with E-state index in [0.717, 1.165) is 5.69 Å². The fraction of sp³-hybridized carbons (Fsp3) is 0.167. The zero-order valence-electron chi connectivity index (χ0n) is 14.3. The van der Waals surface area contributed by atoms with Crippen LogP contribution in [0.2, 0.25) is 0 Å². The number of rotatable bonds is 5. The van der Waals surface area contributed by atoms with Crippen LogP contribution in [-0.4, -0.2) is 33.7 Å². The summed E-state index contributed by atoms with van der Waals surface area (Å²) in [4.78, 5) is 12.5.